The summed E-state index contributed by atoms with van der Waals surface area (Å²) in [4.78, 5) is 2.60. The van der Waals surface area contributed by atoms with Gasteiger partial charge in [0.1, 0.15) is 18.5 Å². The van der Waals surface area contributed by atoms with Crippen LogP contribution in [-0.2, 0) is 6.54 Å². The van der Waals surface area contributed by atoms with Gasteiger partial charge in [0.05, 0.1) is 0 Å². The lowest BCUT2D eigenvalue weighted by molar-refractivity contribution is 0.106. The lowest BCUT2D eigenvalue weighted by Crippen LogP contribution is -2.31. The maximum Gasteiger partial charge on any atom is 0.119 e. The predicted octanol–water partition coefficient (Wildman–Crippen LogP) is 3.20. The number of hydrogen-bond acceptors (Lipinski definition) is 4. The third-order valence-electron chi connectivity index (χ3n) is 3.11. The fourth-order valence-electron chi connectivity index (χ4n) is 2.21. The maximum absolute atomic E-state index is 9.95. The molecule has 2 aromatic rings. The van der Waals surface area contributed by atoms with Gasteiger partial charge in [0.15, 0.2) is 0 Å². The molecule has 1 aromatic heterocycles. The highest BCUT2D eigenvalue weighted by Crippen LogP contribution is 2.16. The van der Waals surface area contributed by atoms with Crippen molar-refractivity contribution >= 4 is 11.3 Å². The van der Waals surface area contributed by atoms with Crippen LogP contribution in [-0.4, -0.2) is 24.4 Å². The van der Waals surface area contributed by atoms with Gasteiger partial charge in [-0.25, -0.2) is 0 Å². The molecule has 0 aliphatic heterocycles. The van der Waals surface area contributed by atoms with Gasteiger partial charge >= 0.3 is 0 Å². The molecule has 4 heteroatoms. The van der Waals surface area contributed by atoms with Crippen molar-refractivity contribution in [3.05, 3.63) is 51.2 Å². The lowest BCUT2D eigenvalue weighted by atomic mass is 10.1. The van der Waals surface area contributed by atoms with E-state index in [-0.39, 0.29) is 0 Å². The quantitative estimate of drug-likeness (QED) is 0.825. The average molecular weight is 305 g/mol. The molecule has 2 rings (SSSR count). The van der Waals surface area contributed by atoms with Crippen molar-refractivity contribution in [3.8, 4) is 5.75 Å². The first-order valence-electron chi connectivity index (χ1n) is 7.18. The van der Waals surface area contributed by atoms with E-state index in [4.69, 9.17) is 4.74 Å². The van der Waals surface area contributed by atoms with Crippen LogP contribution < -0.4 is 10.1 Å². The van der Waals surface area contributed by atoms with Crippen LogP contribution in [0.5, 0.6) is 5.75 Å². The van der Waals surface area contributed by atoms with Crippen molar-refractivity contribution in [1.29, 1.82) is 0 Å². The van der Waals surface area contributed by atoms with Crippen molar-refractivity contribution in [2.75, 3.05) is 13.2 Å². The van der Waals surface area contributed by atoms with Crippen LogP contribution in [0, 0.1) is 20.8 Å². The summed E-state index contributed by atoms with van der Waals surface area (Å²) in [6.07, 6.45) is -0.508. The Balaban J connectivity index is 1.70. The predicted molar refractivity (Wildman–Crippen MR) is 88.2 cm³/mol. The summed E-state index contributed by atoms with van der Waals surface area (Å²) in [5.41, 5.74) is 2.34. The summed E-state index contributed by atoms with van der Waals surface area (Å²) in [6.45, 7) is 7.81. The molecule has 0 amide bonds. The highest BCUT2D eigenvalue weighted by Gasteiger charge is 2.06. The number of hydrogen-bond donors (Lipinski definition) is 2. The van der Waals surface area contributed by atoms with Gasteiger partial charge in [0, 0.05) is 22.8 Å². The van der Waals surface area contributed by atoms with E-state index < -0.39 is 6.10 Å². The zero-order chi connectivity index (χ0) is 15.2. The molecule has 0 saturated heterocycles. The molecule has 0 bridgehead atoms. The van der Waals surface area contributed by atoms with Crippen LogP contribution in [0.2, 0.25) is 0 Å². The number of thiophene rings is 1. The standard InChI is InChI=1S/C17H23NO2S/c1-12-6-13(2)8-16(7-12)20-11-15(19)9-18-10-17-5-4-14(3)21-17/h4-8,15,18-19H,9-11H2,1-3H3. The summed E-state index contributed by atoms with van der Waals surface area (Å²) in [6, 6.07) is 10.3. The van der Waals surface area contributed by atoms with E-state index in [9.17, 15) is 5.11 Å². The van der Waals surface area contributed by atoms with Gasteiger partial charge in [-0.05, 0) is 56.2 Å². The molecule has 21 heavy (non-hydrogen) atoms. The van der Waals surface area contributed by atoms with E-state index in [1.165, 1.54) is 20.9 Å². The topological polar surface area (TPSA) is 41.5 Å². The molecule has 0 fully saturated rings. The number of aliphatic hydroxyl groups excluding tert-OH is 1. The van der Waals surface area contributed by atoms with Crippen LogP contribution in [0.3, 0.4) is 0 Å². The molecule has 1 atom stereocenters. The zero-order valence-electron chi connectivity index (χ0n) is 12.8. The third kappa shape index (κ3) is 5.50. The lowest BCUT2D eigenvalue weighted by Gasteiger charge is -2.14. The molecular formula is C17H23NO2S. The van der Waals surface area contributed by atoms with Crippen molar-refractivity contribution in [2.24, 2.45) is 0 Å². The number of ether oxygens (including phenoxy) is 1. The Morgan fingerprint density at radius 3 is 2.48 bits per heavy atom. The van der Waals surface area contributed by atoms with E-state index in [2.05, 4.69) is 30.4 Å². The highest BCUT2D eigenvalue weighted by atomic mass is 32.1. The van der Waals surface area contributed by atoms with Crippen LogP contribution in [0.4, 0.5) is 0 Å². The average Bonchev–Trinajstić information content (AvgIpc) is 2.81. The molecule has 0 spiro atoms. The molecule has 2 N–H and O–H groups in total. The van der Waals surface area contributed by atoms with Gasteiger partial charge in [-0.2, -0.15) is 0 Å². The molecule has 0 radical (unpaired) electrons. The van der Waals surface area contributed by atoms with Crippen LogP contribution in [0.15, 0.2) is 30.3 Å². The van der Waals surface area contributed by atoms with Crippen LogP contribution in [0.1, 0.15) is 20.9 Å². The molecule has 0 aliphatic rings. The molecule has 0 aliphatic carbocycles. The van der Waals surface area contributed by atoms with E-state index in [0.29, 0.717) is 13.2 Å². The summed E-state index contributed by atoms with van der Waals surface area (Å²) in [7, 11) is 0. The van der Waals surface area contributed by atoms with Gasteiger partial charge in [0.25, 0.3) is 0 Å². The van der Waals surface area contributed by atoms with E-state index >= 15 is 0 Å². The van der Waals surface area contributed by atoms with Gasteiger partial charge in [-0.1, -0.05) is 6.07 Å². The minimum atomic E-state index is -0.508. The minimum Gasteiger partial charge on any atom is -0.491 e. The Kier molecular flexibility index (Phi) is 5.79. The number of benzene rings is 1. The molecular weight excluding hydrogens is 282 g/mol. The van der Waals surface area contributed by atoms with Crippen molar-refractivity contribution < 1.29 is 9.84 Å². The Bertz CT molecular complexity index is 560. The molecule has 0 saturated carbocycles. The first-order valence-corrected chi connectivity index (χ1v) is 8.00. The molecule has 1 heterocycles. The van der Waals surface area contributed by atoms with Crippen molar-refractivity contribution in [2.45, 2.75) is 33.4 Å². The Labute approximate surface area is 130 Å². The third-order valence-corrected chi connectivity index (χ3v) is 4.11. The second kappa shape index (κ2) is 7.59. The summed E-state index contributed by atoms with van der Waals surface area (Å²) >= 11 is 1.78. The number of aliphatic hydroxyl groups is 1. The fourth-order valence-corrected chi connectivity index (χ4v) is 3.07. The SMILES string of the molecule is Cc1cc(C)cc(OCC(O)CNCc2ccc(C)s2)c1. The Morgan fingerprint density at radius 1 is 1.14 bits per heavy atom. The summed E-state index contributed by atoms with van der Waals surface area (Å²) in [5.74, 6) is 0.820. The molecule has 114 valence electrons. The maximum atomic E-state index is 9.95. The van der Waals surface area contributed by atoms with Crippen molar-refractivity contribution in [1.82, 2.24) is 5.32 Å². The Morgan fingerprint density at radius 2 is 1.86 bits per heavy atom. The van der Waals surface area contributed by atoms with Gasteiger partial charge < -0.3 is 15.2 Å². The number of aryl methyl sites for hydroxylation is 3. The monoisotopic (exact) mass is 305 g/mol. The number of nitrogens with one attached hydrogen (secondary N) is 1. The van der Waals surface area contributed by atoms with E-state index in [1.807, 2.05) is 26.0 Å². The Hall–Kier alpha value is -1.36. The summed E-state index contributed by atoms with van der Waals surface area (Å²) < 4.78 is 5.65. The first-order chi connectivity index (χ1) is 10.0. The van der Waals surface area contributed by atoms with Gasteiger partial charge in [-0.15, -0.1) is 11.3 Å². The number of rotatable bonds is 7. The van der Waals surface area contributed by atoms with Crippen LogP contribution >= 0.6 is 11.3 Å². The van der Waals surface area contributed by atoms with E-state index in [0.717, 1.165) is 12.3 Å². The molecule has 1 aromatic carbocycles. The van der Waals surface area contributed by atoms with Gasteiger partial charge in [0.2, 0.25) is 0 Å². The van der Waals surface area contributed by atoms with Gasteiger partial charge in [-0.3, -0.25) is 0 Å². The fraction of sp³-hybridized carbons (Fsp3) is 0.412. The van der Waals surface area contributed by atoms with Crippen LogP contribution in [0.25, 0.3) is 0 Å². The minimum absolute atomic E-state index is 0.305. The second-order valence-corrected chi connectivity index (χ2v) is 6.80. The second-order valence-electron chi connectivity index (χ2n) is 5.43. The molecule has 3 nitrogen and oxygen atoms in total. The highest BCUT2D eigenvalue weighted by molar-refractivity contribution is 7.11. The normalized spacial score (nSPS) is 12.4. The van der Waals surface area contributed by atoms with Crippen molar-refractivity contribution in [3.63, 3.8) is 0 Å². The van der Waals surface area contributed by atoms with E-state index in [1.54, 1.807) is 11.3 Å². The zero-order valence-corrected chi connectivity index (χ0v) is 13.7. The first kappa shape index (κ1) is 16.0. The summed E-state index contributed by atoms with van der Waals surface area (Å²) in [5, 5.41) is 13.2. The smallest absolute Gasteiger partial charge is 0.119 e. The largest absolute Gasteiger partial charge is 0.491 e. The molecule has 1 unspecified atom stereocenters.